The molecule has 1 fully saturated rings. The molecule has 1 N–H and O–H groups in total. The summed E-state index contributed by atoms with van der Waals surface area (Å²) in [6.45, 7) is 5.32. The van der Waals surface area contributed by atoms with Crippen LogP contribution in [0.1, 0.15) is 33.1 Å². The molecule has 15 heavy (non-hydrogen) atoms. The van der Waals surface area contributed by atoms with E-state index in [1.165, 1.54) is 0 Å². The van der Waals surface area contributed by atoms with Crippen LogP contribution in [0.5, 0.6) is 0 Å². The average molecular weight is 209 g/mol. The first-order chi connectivity index (χ1) is 7.20. The molecule has 0 aromatic carbocycles. The predicted molar refractivity (Wildman–Crippen MR) is 60.6 cm³/mol. The normalized spacial score (nSPS) is 18.4. The quantitative estimate of drug-likeness (QED) is 0.440. The lowest BCUT2D eigenvalue weighted by Gasteiger charge is -2.16. The van der Waals surface area contributed by atoms with Gasteiger partial charge in [0.15, 0.2) is 0 Å². The summed E-state index contributed by atoms with van der Waals surface area (Å²) in [4.78, 5) is 13.8. The molecule has 3 nitrogen and oxygen atoms in total. The summed E-state index contributed by atoms with van der Waals surface area (Å²) in [5.74, 6) is 0.148. The first-order valence-electron chi connectivity index (χ1n) is 5.54. The second-order valence-corrected chi connectivity index (χ2v) is 3.71. The van der Waals surface area contributed by atoms with Crippen LogP contribution in [-0.2, 0) is 4.79 Å². The fourth-order valence-electron chi connectivity index (χ4n) is 1.74. The van der Waals surface area contributed by atoms with E-state index in [2.05, 4.69) is 0 Å². The zero-order chi connectivity index (χ0) is 11.3. The van der Waals surface area contributed by atoms with Crippen LogP contribution in [0.3, 0.4) is 0 Å². The van der Waals surface area contributed by atoms with Gasteiger partial charge in [-0.3, -0.25) is 4.79 Å². The summed E-state index contributed by atoms with van der Waals surface area (Å²) in [5.41, 5.74) is 0.446. The number of likely N-dealkylation sites (tertiary alicyclic amines) is 1. The minimum Gasteiger partial charge on any atom is -0.511 e. The molecule has 0 aliphatic carbocycles. The molecular weight excluding hydrogens is 190 g/mol. The molecule has 1 amide bonds. The molecule has 1 rings (SSSR count). The van der Waals surface area contributed by atoms with E-state index in [0.29, 0.717) is 12.0 Å². The molecule has 0 radical (unpaired) electrons. The lowest BCUT2D eigenvalue weighted by molar-refractivity contribution is -0.125. The minimum absolute atomic E-state index is 0.0371. The number of rotatable bonds is 3. The van der Waals surface area contributed by atoms with Crippen molar-refractivity contribution in [1.29, 1.82) is 0 Å². The van der Waals surface area contributed by atoms with E-state index < -0.39 is 0 Å². The van der Waals surface area contributed by atoms with Gasteiger partial charge in [0.05, 0.1) is 5.57 Å². The van der Waals surface area contributed by atoms with E-state index in [9.17, 15) is 9.90 Å². The van der Waals surface area contributed by atoms with Crippen molar-refractivity contribution in [2.24, 2.45) is 0 Å². The zero-order valence-electron chi connectivity index (χ0n) is 9.49. The highest BCUT2D eigenvalue weighted by molar-refractivity contribution is 5.96. The summed E-state index contributed by atoms with van der Waals surface area (Å²) >= 11 is 0. The van der Waals surface area contributed by atoms with Crippen LogP contribution in [0.15, 0.2) is 23.5 Å². The smallest absolute Gasteiger partial charge is 0.257 e. The van der Waals surface area contributed by atoms with Gasteiger partial charge in [-0.1, -0.05) is 19.1 Å². The Morgan fingerprint density at radius 1 is 1.40 bits per heavy atom. The highest BCUT2D eigenvalue weighted by atomic mass is 16.3. The maximum atomic E-state index is 12.0. The summed E-state index contributed by atoms with van der Waals surface area (Å²) in [6, 6.07) is 0. The van der Waals surface area contributed by atoms with Gasteiger partial charge in [0, 0.05) is 19.5 Å². The second kappa shape index (κ2) is 5.59. The number of amides is 1. The third-order valence-corrected chi connectivity index (χ3v) is 2.60. The SMILES string of the molecule is C/C=C\C(C(=O)N1CCCC1)=C(\O)CC. The third-order valence-electron chi connectivity index (χ3n) is 2.60. The van der Waals surface area contributed by atoms with Crippen LogP contribution in [0, 0.1) is 0 Å². The highest BCUT2D eigenvalue weighted by Gasteiger charge is 2.21. The van der Waals surface area contributed by atoms with Crippen molar-refractivity contribution in [3.63, 3.8) is 0 Å². The van der Waals surface area contributed by atoms with Gasteiger partial charge in [0.1, 0.15) is 5.76 Å². The summed E-state index contributed by atoms with van der Waals surface area (Å²) in [5, 5.41) is 9.66. The fourth-order valence-corrected chi connectivity index (χ4v) is 1.74. The average Bonchev–Trinajstić information content (AvgIpc) is 2.77. The highest BCUT2D eigenvalue weighted by Crippen LogP contribution is 2.16. The van der Waals surface area contributed by atoms with Crippen molar-refractivity contribution in [2.45, 2.75) is 33.1 Å². The topological polar surface area (TPSA) is 40.5 Å². The monoisotopic (exact) mass is 209 g/mol. The van der Waals surface area contributed by atoms with Crippen molar-refractivity contribution in [1.82, 2.24) is 4.90 Å². The Hall–Kier alpha value is -1.25. The standard InChI is InChI=1S/C12H19NO2/c1-3-7-10(11(14)4-2)12(15)13-8-5-6-9-13/h3,7,14H,4-6,8-9H2,1-2H3/b7-3-,11-10-. The van der Waals surface area contributed by atoms with E-state index in [1.807, 2.05) is 13.8 Å². The molecule has 1 saturated heterocycles. The number of allylic oxidation sites excluding steroid dienone is 2. The fraction of sp³-hybridized carbons (Fsp3) is 0.583. The molecule has 0 saturated carbocycles. The molecule has 0 aromatic rings. The Balaban J connectivity index is 2.84. The Bertz CT molecular complexity index is 286. The lowest BCUT2D eigenvalue weighted by Crippen LogP contribution is -2.29. The molecule has 0 aromatic heterocycles. The third kappa shape index (κ3) is 2.85. The van der Waals surface area contributed by atoms with E-state index in [0.717, 1.165) is 25.9 Å². The minimum atomic E-state index is -0.0371. The van der Waals surface area contributed by atoms with Crippen LogP contribution in [0.4, 0.5) is 0 Å². The van der Waals surface area contributed by atoms with Crippen molar-refractivity contribution >= 4 is 5.91 Å². The van der Waals surface area contributed by atoms with Gasteiger partial charge in [-0.2, -0.15) is 0 Å². The van der Waals surface area contributed by atoms with E-state index in [-0.39, 0.29) is 11.7 Å². The molecule has 1 heterocycles. The van der Waals surface area contributed by atoms with Crippen molar-refractivity contribution in [3.8, 4) is 0 Å². The molecule has 1 aliphatic heterocycles. The molecule has 1 aliphatic rings. The number of aliphatic hydroxyl groups is 1. The van der Waals surface area contributed by atoms with Gasteiger partial charge in [-0.15, -0.1) is 0 Å². The molecule has 0 bridgehead atoms. The van der Waals surface area contributed by atoms with Gasteiger partial charge >= 0.3 is 0 Å². The Kier molecular flexibility index (Phi) is 4.40. The Morgan fingerprint density at radius 2 is 2.00 bits per heavy atom. The number of carbonyl (C=O) groups excluding carboxylic acids is 1. The van der Waals surface area contributed by atoms with Crippen LogP contribution in [-0.4, -0.2) is 29.0 Å². The van der Waals surface area contributed by atoms with Crippen molar-refractivity contribution in [2.75, 3.05) is 13.1 Å². The Morgan fingerprint density at radius 3 is 2.47 bits per heavy atom. The van der Waals surface area contributed by atoms with Gasteiger partial charge < -0.3 is 10.0 Å². The maximum Gasteiger partial charge on any atom is 0.257 e. The van der Waals surface area contributed by atoms with E-state index >= 15 is 0 Å². The Labute approximate surface area is 91.1 Å². The number of aliphatic hydroxyl groups excluding tert-OH is 1. The van der Waals surface area contributed by atoms with Crippen LogP contribution in [0.2, 0.25) is 0 Å². The first kappa shape index (κ1) is 11.8. The molecule has 84 valence electrons. The van der Waals surface area contributed by atoms with Gasteiger partial charge in [0.2, 0.25) is 0 Å². The molecule has 3 heteroatoms. The number of nitrogens with zero attached hydrogens (tertiary/aromatic N) is 1. The molecule has 0 unspecified atom stereocenters. The number of hydrogen-bond acceptors (Lipinski definition) is 2. The first-order valence-corrected chi connectivity index (χ1v) is 5.54. The number of hydrogen-bond donors (Lipinski definition) is 1. The van der Waals surface area contributed by atoms with Crippen molar-refractivity contribution < 1.29 is 9.90 Å². The summed E-state index contributed by atoms with van der Waals surface area (Å²) in [7, 11) is 0. The van der Waals surface area contributed by atoms with E-state index in [4.69, 9.17) is 0 Å². The molecular formula is C12H19NO2. The number of carbonyl (C=O) groups is 1. The lowest BCUT2D eigenvalue weighted by atomic mass is 10.1. The zero-order valence-corrected chi connectivity index (χ0v) is 9.49. The molecule has 0 atom stereocenters. The largest absolute Gasteiger partial charge is 0.511 e. The molecule has 0 spiro atoms. The van der Waals surface area contributed by atoms with Gasteiger partial charge in [-0.25, -0.2) is 0 Å². The second-order valence-electron chi connectivity index (χ2n) is 3.71. The summed E-state index contributed by atoms with van der Waals surface area (Å²) < 4.78 is 0. The van der Waals surface area contributed by atoms with Crippen LogP contribution in [0.25, 0.3) is 0 Å². The van der Waals surface area contributed by atoms with Crippen LogP contribution < -0.4 is 0 Å². The predicted octanol–water partition coefficient (Wildman–Crippen LogP) is 2.41. The maximum absolute atomic E-state index is 12.0. The summed E-state index contributed by atoms with van der Waals surface area (Å²) in [6.07, 6.45) is 6.12. The van der Waals surface area contributed by atoms with E-state index in [1.54, 1.807) is 17.1 Å². The van der Waals surface area contributed by atoms with Gasteiger partial charge in [-0.05, 0) is 19.8 Å². The van der Waals surface area contributed by atoms with Gasteiger partial charge in [0.25, 0.3) is 5.91 Å². The van der Waals surface area contributed by atoms with Crippen LogP contribution >= 0.6 is 0 Å². The van der Waals surface area contributed by atoms with Crippen molar-refractivity contribution in [3.05, 3.63) is 23.5 Å².